The van der Waals surface area contributed by atoms with E-state index in [1.807, 2.05) is 0 Å². The molecule has 0 unspecified atom stereocenters. The summed E-state index contributed by atoms with van der Waals surface area (Å²) in [4.78, 5) is 32.3. The van der Waals surface area contributed by atoms with Crippen molar-refractivity contribution in [1.82, 2.24) is 0 Å². The number of ether oxygens (including phenoxy) is 1. The summed E-state index contributed by atoms with van der Waals surface area (Å²) >= 11 is 0. The van der Waals surface area contributed by atoms with Crippen molar-refractivity contribution in [2.45, 2.75) is 12.8 Å². The number of carbonyl (C=O) groups excluding carboxylic acids is 3. The van der Waals surface area contributed by atoms with Crippen molar-refractivity contribution in [3.63, 3.8) is 0 Å². The predicted molar refractivity (Wildman–Crippen MR) is 57.7 cm³/mol. The molecule has 0 bridgehead atoms. The Kier molecular flexibility index (Phi) is 4.25. The van der Waals surface area contributed by atoms with Crippen LogP contribution in [0.15, 0.2) is 18.2 Å². The summed E-state index contributed by atoms with van der Waals surface area (Å²) in [6, 6.07) is 2.95. The lowest BCUT2D eigenvalue weighted by atomic mass is 10.00. The summed E-state index contributed by atoms with van der Waals surface area (Å²) in [5, 5.41) is 0. The number of rotatable bonds is 5. The topological polar surface area (TPSA) is 60.4 Å². The molecule has 6 heteroatoms. The largest absolute Gasteiger partial charge is 0.461 e. The van der Waals surface area contributed by atoms with Crippen LogP contribution in [0.4, 0.5) is 8.78 Å². The molecule has 0 heterocycles. The molecule has 1 aromatic carbocycles. The van der Waals surface area contributed by atoms with Crippen LogP contribution in [-0.4, -0.2) is 25.1 Å². The molecular formula is C12H10F2O4. The highest BCUT2D eigenvalue weighted by Gasteiger charge is 2.44. The van der Waals surface area contributed by atoms with E-state index in [0.29, 0.717) is 6.29 Å². The van der Waals surface area contributed by atoms with E-state index in [4.69, 9.17) is 0 Å². The van der Waals surface area contributed by atoms with E-state index in [1.54, 1.807) is 0 Å². The van der Waals surface area contributed by atoms with E-state index in [1.165, 1.54) is 6.92 Å². The van der Waals surface area contributed by atoms with Crippen LogP contribution in [0, 0.1) is 0 Å². The van der Waals surface area contributed by atoms with Gasteiger partial charge in [0.25, 0.3) is 0 Å². The molecule has 96 valence electrons. The number of hydrogen-bond acceptors (Lipinski definition) is 4. The monoisotopic (exact) mass is 256 g/mol. The molecule has 4 nitrogen and oxygen atoms in total. The zero-order chi connectivity index (χ0) is 13.8. The molecule has 0 amide bonds. The third-order valence-electron chi connectivity index (χ3n) is 2.21. The molecular weight excluding hydrogens is 246 g/mol. The van der Waals surface area contributed by atoms with Crippen molar-refractivity contribution in [2.75, 3.05) is 6.61 Å². The summed E-state index contributed by atoms with van der Waals surface area (Å²) in [6.07, 6.45) is 0.578. The van der Waals surface area contributed by atoms with Gasteiger partial charge >= 0.3 is 11.9 Å². The maximum absolute atomic E-state index is 13.7. The highest BCUT2D eigenvalue weighted by atomic mass is 19.3. The number of alkyl halides is 2. The number of halogens is 2. The minimum Gasteiger partial charge on any atom is -0.461 e. The van der Waals surface area contributed by atoms with Gasteiger partial charge in [-0.05, 0) is 13.0 Å². The highest BCUT2D eigenvalue weighted by molar-refractivity contribution is 5.88. The van der Waals surface area contributed by atoms with Crippen LogP contribution in [0.1, 0.15) is 33.2 Å². The molecule has 0 atom stereocenters. The number of aldehydes is 2. The summed E-state index contributed by atoms with van der Waals surface area (Å²) in [5.41, 5.74) is -1.13. The molecule has 18 heavy (non-hydrogen) atoms. The van der Waals surface area contributed by atoms with Gasteiger partial charge in [-0.1, -0.05) is 12.1 Å². The average molecular weight is 256 g/mol. The van der Waals surface area contributed by atoms with E-state index in [0.717, 1.165) is 18.2 Å². The summed E-state index contributed by atoms with van der Waals surface area (Å²) < 4.78 is 31.6. The number of esters is 1. The molecule has 0 aromatic heterocycles. The fourth-order valence-corrected chi connectivity index (χ4v) is 1.37. The van der Waals surface area contributed by atoms with Gasteiger partial charge in [0.2, 0.25) is 0 Å². The van der Waals surface area contributed by atoms with Crippen LogP contribution in [0.5, 0.6) is 0 Å². The van der Waals surface area contributed by atoms with Gasteiger partial charge in [0, 0.05) is 16.7 Å². The Morgan fingerprint density at radius 3 is 2.50 bits per heavy atom. The van der Waals surface area contributed by atoms with Gasteiger partial charge in [-0.15, -0.1) is 0 Å². The van der Waals surface area contributed by atoms with Crippen molar-refractivity contribution in [2.24, 2.45) is 0 Å². The van der Waals surface area contributed by atoms with Crippen molar-refractivity contribution in [1.29, 1.82) is 0 Å². The fraction of sp³-hybridized carbons (Fsp3) is 0.250. The third kappa shape index (κ3) is 2.58. The van der Waals surface area contributed by atoms with Crippen LogP contribution in [0.3, 0.4) is 0 Å². The van der Waals surface area contributed by atoms with Crippen molar-refractivity contribution >= 4 is 18.5 Å². The fourth-order valence-electron chi connectivity index (χ4n) is 1.37. The van der Waals surface area contributed by atoms with Gasteiger partial charge in [-0.3, -0.25) is 9.59 Å². The first-order valence-electron chi connectivity index (χ1n) is 5.07. The lowest BCUT2D eigenvalue weighted by molar-refractivity contribution is -0.173. The standard InChI is InChI=1S/C12H10F2O4/c1-2-18-11(17)12(13,14)10-4-3-8(6-15)5-9(10)7-16/h3-7H,2H2,1H3. The molecule has 0 radical (unpaired) electrons. The maximum atomic E-state index is 13.7. The zero-order valence-electron chi connectivity index (χ0n) is 9.48. The number of hydrogen-bond donors (Lipinski definition) is 0. The van der Waals surface area contributed by atoms with Gasteiger partial charge in [0.1, 0.15) is 6.29 Å². The third-order valence-corrected chi connectivity index (χ3v) is 2.21. The maximum Gasteiger partial charge on any atom is 0.382 e. The van der Waals surface area contributed by atoms with Crippen molar-refractivity contribution in [3.8, 4) is 0 Å². The van der Waals surface area contributed by atoms with Gasteiger partial charge < -0.3 is 4.74 Å². The van der Waals surface area contributed by atoms with Crippen LogP contribution in [0.25, 0.3) is 0 Å². The lowest BCUT2D eigenvalue weighted by Crippen LogP contribution is -2.29. The van der Waals surface area contributed by atoms with Crippen LogP contribution < -0.4 is 0 Å². The Balaban J connectivity index is 3.26. The second-order valence-electron chi connectivity index (χ2n) is 3.38. The van der Waals surface area contributed by atoms with Crippen molar-refractivity contribution < 1.29 is 27.9 Å². The van der Waals surface area contributed by atoms with E-state index >= 15 is 0 Å². The van der Waals surface area contributed by atoms with Gasteiger partial charge in [-0.2, -0.15) is 8.78 Å². The average Bonchev–Trinajstić information content (AvgIpc) is 2.38. The molecule has 0 aliphatic carbocycles. The molecule has 0 saturated carbocycles. The Morgan fingerprint density at radius 2 is 2.00 bits per heavy atom. The molecule has 0 aliphatic rings. The first kappa shape index (κ1) is 14.0. The smallest absolute Gasteiger partial charge is 0.382 e. The molecule has 0 fully saturated rings. The minimum absolute atomic E-state index is 0.0699. The highest BCUT2D eigenvalue weighted by Crippen LogP contribution is 2.31. The molecule has 0 saturated heterocycles. The van der Waals surface area contributed by atoms with Crippen LogP contribution >= 0.6 is 0 Å². The molecule has 1 rings (SSSR count). The molecule has 0 aliphatic heterocycles. The number of benzene rings is 1. The predicted octanol–water partition coefficient (Wildman–Crippen LogP) is 1.97. The van der Waals surface area contributed by atoms with Gasteiger partial charge in [0.05, 0.1) is 6.61 Å². The number of carbonyl (C=O) groups is 3. The minimum atomic E-state index is -3.92. The summed E-state index contributed by atoms with van der Waals surface area (Å²) in [6.45, 7) is 1.20. The lowest BCUT2D eigenvalue weighted by Gasteiger charge is -2.16. The Bertz CT molecular complexity index is 483. The Labute approximate surface area is 102 Å². The van der Waals surface area contributed by atoms with E-state index < -0.39 is 23.0 Å². The quantitative estimate of drug-likeness (QED) is 0.597. The van der Waals surface area contributed by atoms with Crippen LogP contribution in [-0.2, 0) is 15.5 Å². The summed E-state index contributed by atoms with van der Waals surface area (Å²) in [5.74, 6) is -5.65. The van der Waals surface area contributed by atoms with Crippen molar-refractivity contribution in [3.05, 3.63) is 34.9 Å². The SMILES string of the molecule is CCOC(=O)C(F)(F)c1ccc(C=O)cc1C=O. The second kappa shape index (κ2) is 5.48. The molecule has 0 spiro atoms. The van der Waals surface area contributed by atoms with Crippen LogP contribution in [0.2, 0.25) is 0 Å². The molecule has 0 N–H and O–H groups in total. The van der Waals surface area contributed by atoms with Gasteiger partial charge in [0.15, 0.2) is 6.29 Å². The summed E-state index contributed by atoms with van der Waals surface area (Å²) in [7, 11) is 0. The second-order valence-corrected chi connectivity index (χ2v) is 3.38. The zero-order valence-corrected chi connectivity index (χ0v) is 9.48. The first-order chi connectivity index (χ1) is 8.47. The van der Waals surface area contributed by atoms with E-state index in [9.17, 15) is 23.2 Å². The van der Waals surface area contributed by atoms with E-state index in [2.05, 4.69) is 4.74 Å². The Morgan fingerprint density at radius 1 is 1.33 bits per heavy atom. The van der Waals surface area contributed by atoms with Gasteiger partial charge in [-0.25, -0.2) is 4.79 Å². The molecule has 1 aromatic rings. The normalized spacial score (nSPS) is 10.8. The first-order valence-corrected chi connectivity index (χ1v) is 5.07. The van der Waals surface area contributed by atoms with E-state index in [-0.39, 0.29) is 18.5 Å². The Hall–Kier alpha value is -2.11.